The molecule has 0 aliphatic heterocycles. The molecule has 0 radical (unpaired) electrons. The highest BCUT2D eigenvalue weighted by atomic mass is 16.5. The van der Waals surface area contributed by atoms with Gasteiger partial charge >= 0.3 is 0 Å². The number of ether oxygens (including phenoxy) is 1. The van der Waals surface area contributed by atoms with Crippen LogP contribution in [0, 0.1) is 0 Å². The van der Waals surface area contributed by atoms with Crippen LogP contribution in [0.1, 0.15) is 11.4 Å². The molecule has 0 saturated carbocycles. The van der Waals surface area contributed by atoms with Gasteiger partial charge in [-0.15, -0.1) is 0 Å². The first-order valence-electron chi connectivity index (χ1n) is 4.94. The quantitative estimate of drug-likeness (QED) is 0.827. The van der Waals surface area contributed by atoms with Gasteiger partial charge in [0.05, 0.1) is 13.7 Å². The summed E-state index contributed by atoms with van der Waals surface area (Å²) < 4.78 is 6.74. The van der Waals surface area contributed by atoms with Gasteiger partial charge in [0.2, 0.25) is 0 Å². The van der Waals surface area contributed by atoms with Crippen LogP contribution in [0.3, 0.4) is 0 Å². The average molecular weight is 219 g/mol. The molecule has 2 aromatic rings. The second kappa shape index (κ2) is 4.76. The molecule has 0 bridgehead atoms. The fourth-order valence-electron chi connectivity index (χ4n) is 1.45. The number of nitrogens with zero attached hydrogens (tertiary/aromatic N) is 3. The smallest absolute Gasteiger partial charge is 0.152 e. The number of aliphatic hydroxyl groups is 1. The molecular weight excluding hydrogens is 206 g/mol. The van der Waals surface area contributed by atoms with Crippen molar-refractivity contribution in [2.45, 2.75) is 13.2 Å². The summed E-state index contributed by atoms with van der Waals surface area (Å²) in [5.74, 6) is 1.39. The highest BCUT2D eigenvalue weighted by Crippen LogP contribution is 2.12. The zero-order chi connectivity index (χ0) is 11.4. The Morgan fingerprint density at radius 1 is 1.31 bits per heavy atom. The van der Waals surface area contributed by atoms with Gasteiger partial charge in [-0.05, 0) is 17.7 Å². The monoisotopic (exact) mass is 219 g/mol. The summed E-state index contributed by atoms with van der Waals surface area (Å²) in [5.41, 5.74) is 1.08. The third-order valence-electron chi connectivity index (χ3n) is 2.33. The van der Waals surface area contributed by atoms with Crippen LogP contribution < -0.4 is 4.74 Å². The summed E-state index contributed by atoms with van der Waals surface area (Å²) in [5, 5.41) is 13.1. The number of aliphatic hydroxyl groups excluding tert-OH is 1. The molecule has 0 aliphatic rings. The topological polar surface area (TPSA) is 60.2 Å². The van der Waals surface area contributed by atoms with Crippen LogP contribution in [0.4, 0.5) is 0 Å². The van der Waals surface area contributed by atoms with E-state index >= 15 is 0 Å². The minimum Gasteiger partial charge on any atom is -0.497 e. The molecule has 0 aliphatic carbocycles. The molecule has 0 atom stereocenters. The van der Waals surface area contributed by atoms with Gasteiger partial charge in [-0.25, -0.2) is 9.67 Å². The number of benzene rings is 1. The number of hydrogen-bond donors (Lipinski definition) is 1. The first kappa shape index (κ1) is 10.6. The van der Waals surface area contributed by atoms with E-state index in [0.717, 1.165) is 11.3 Å². The molecule has 0 spiro atoms. The van der Waals surface area contributed by atoms with Crippen LogP contribution in [-0.2, 0) is 13.2 Å². The Hall–Kier alpha value is -1.88. The Balaban J connectivity index is 2.14. The summed E-state index contributed by atoms with van der Waals surface area (Å²) in [6.07, 6.45) is 1.44. The fraction of sp³-hybridized carbons (Fsp3) is 0.273. The Kier molecular flexibility index (Phi) is 3.16. The maximum absolute atomic E-state index is 9.02. The summed E-state index contributed by atoms with van der Waals surface area (Å²) in [6.45, 7) is 0.496. The van der Waals surface area contributed by atoms with Crippen LogP contribution >= 0.6 is 0 Å². The third kappa shape index (κ3) is 2.20. The molecule has 1 heterocycles. The van der Waals surface area contributed by atoms with Crippen molar-refractivity contribution in [1.82, 2.24) is 14.8 Å². The first-order chi connectivity index (χ1) is 7.83. The lowest BCUT2D eigenvalue weighted by Gasteiger charge is -2.05. The molecule has 1 aromatic carbocycles. The van der Waals surface area contributed by atoms with Crippen molar-refractivity contribution >= 4 is 0 Å². The van der Waals surface area contributed by atoms with E-state index in [0.29, 0.717) is 12.4 Å². The van der Waals surface area contributed by atoms with E-state index in [1.54, 1.807) is 11.8 Å². The predicted octanol–water partition coefficient (Wildman–Crippen LogP) is 0.827. The largest absolute Gasteiger partial charge is 0.497 e. The zero-order valence-corrected chi connectivity index (χ0v) is 9.00. The van der Waals surface area contributed by atoms with Crippen molar-refractivity contribution in [2.75, 3.05) is 7.11 Å². The van der Waals surface area contributed by atoms with Crippen molar-refractivity contribution in [3.63, 3.8) is 0 Å². The number of methoxy groups -OCH3 is 1. The molecule has 5 nitrogen and oxygen atoms in total. The Labute approximate surface area is 93.3 Å². The van der Waals surface area contributed by atoms with Crippen molar-refractivity contribution in [2.24, 2.45) is 0 Å². The third-order valence-corrected chi connectivity index (χ3v) is 2.33. The Bertz CT molecular complexity index is 451. The predicted molar refractivity (Wildman–Crippen MR) is 58.0 cm³/mol. The SMILES string of the molecule is COc1ccc(Cn2ncnc2CO)cc1. The lowest BCUT2D eigenvalue weighted by Crippen LogP contribution is -2.06. The molecule has 0 saturated heterocycles. The van der Waals surface area contributed by atoms with Crippen molar-refractivity contribution in [1.29, 1.82) is 0 Å². The zero-order valence-electron chi connectivity index (χ0n) is 9.00. The molecule has 0 amide bonds. The van der Waals surface area contributed by atoms with E-state index in [1.807, 2.05) is 24.3 Å². The van der Waals surface area contributed by atoms with Gasteiger partial charge in [-0.2, -0.15) is 5.10 Å². The molecule has 2 rings (SSSR count). The van der Waals surface area contributed by atoms with Crippen LogP contribution in [0.15, 0.2) is 30.6 Å². The van der Waals surface area contributed by atoms with E-state index in [9.17, 15) is 0 Å². The molecule has 0 unspecified atom stereocenters. The summed E-state index contributed by atoms with van der Waals surface area (Å²) in [7, 11) is 1.64. The fourth-order valence-corrected chi connectivity index (χ4v) is 1.45. The molecule has 0 fully saturated rings. The van der Waals surface area contributed by atoms with Crippen LogP contribution in [-0.4, -0.2) is 27.0 Å². The van der Waals surface area contributed by atoms with Gasteiger partial charge in [-0.3, -0.25) is 0 Å². The summed E-state index contributed by atoms with van der Waals surface area (Å²) in [4.78, 5) is 3.94. The first-order valence-corrected chi connectivity index (χ1v) is 4.94. The normalized spacial score (nSPS) is 10.4. The number of hydrogen-bond acceptors (Lipinski definition) is 4. The van der Waals surface area contributed by atoms with E-state index in [-0.39, 0.29) is 6.61 Å². The average Bonchev–Trinajstić information content (AvgIpc) is 2.77. The van der Waals surface area contributed by atoms with Crippen LogP contribution in [0.25, 0.3) is 0 Å². The Morgan fingerprint density at radius 3 is 2.69 bits per heavy atom. The van der Waals surface area contributed by atoms with Crippen molar-refractivity contribution in [3.05, 3.63) is 42.0 Å². The van der Waals surface area contributed by atoms with Gasteiger partial charge in [0.1, 0.15) is 18.7 Å². The highest BCUT2D eigenvalue weighted by molar-refractivity contribution is 5.27. The van der Waals surface area contributed by atoms with E-state index in [1.165, 1.54) is 6.33 Å². The maximum Gasteiger partial charge on any atom is 0.152 e. The summed E-state index contributed by atoms with van der Waals surface area (Å²) >= 11 is 0. The Morgan fingerprint density at radius 2 is 2.06 bits per heavy atom. The second-order valence-electron chi connectivity index (χ2n) is 3.34. The second-order valence-corrected chi connectivity index (χ2v) is 3.34. The molecule has 16 heavy (non-hydrogen) atoms. The van der Waals surface area contributed by atoms with Gasteiger partial charge in [0.15, 0.2) is 5.82 Å². The van der Waals surface area contributed by atoms with E-state index < -0.39 is 0 Å². The van der Waals surface area contributed by atoms with Crippen LogP contribution in [0.5, 0.6) is 5.75 Å². The number of aromatic nitrogens is 3. The molecule has 84 valence electrons. The molecule has 5 heteroatoms. The molecular formula is C11H13N3O2. The van der Waals surface area contributed by atoms with Crippen molar-refractivity contribution < 1.29 is 9.84 Å². The lowest BCUT2D eigenvalue weighted by atomic mass is 10.2. The van der Waals surface area contributed by atoms with Gasteiger partial charge < -0.3 is 9.84 Å². The lowest BCUT2D eigenvalue weighted by molar-refractivity contribution is 0.264. The minimum atomic E-state index is -0.101. The molecule has 1 N–H and O–H groups in total. The van der Waals surface area contributed by atoms with Gasteiger partial charge in [-0.1, -0.05) is 12.1 Å². The van der Waals surface area contributed by atoms with Crippen molar-refractivity contribution in [3.8, 4) is 5.75 Å². The van der Waals surface area contributed by atoms with Gasteiger partial charge in [0.25, 0.3) is 0 Å². The minimum absolute atomic E-state index is 0.101. The van der Waals surface area contributed by atoms with Crippen LogP contribution in [0.2, 0.25) is 0 Å². The van der Waals surface area contributed by atoms with E-state index in [4.69, 9.17) is 9.84 Å². The highest BCUT2D eigenvalue weighted by Gasteiger charge is 2.03. The van der Waals surface area contributed by atoms with Gasteiger partial charge in [0, 0.05) is 0 Å². The summed E-state index contributed by atoms with van der Waals surface area (Å²) in [6, 6.07) is 7.71. The number of rotatable bonds is 4. The standard InChI is InChI=1S/C11H13N3O2/c1-16-10-4-2-9(3-5-10)6-14-11(7-15)12-8-13-14/h2-5,8,15H,6-7H2,1H3. The van der Waals surface area contributed by atoms with E-state index in [2.05, 4.69) is 10.1 Å². The molecule has 1 aromatic heterocycles. The maximum atomic E-state index is 9.02.